The summed E-state index contributed by atoms with van der Waals surface area (Å²) in [5.74, 6) is 0.994. The Morgan fingerprint density at radius 1 is 1.26 bits per heavy atom. The van der Waals surface area contributed by atoms with Crippen LogP contribution in [0.15, 0.2) is 24.3 Å². The molecule has 0 bridgehead atoms. The monoisotopic (exact) mass is 334 g/mol. The van der Waals surface area contributed by atoms with Gasteiger partial charge in [-0.1, -0.05) is 29.8 Å². The number of amides is 1. The molecule has 2 saturated heterocycles. The molecule has 124 valence electrons. The van der Waals surface area contributed by atoms with Crippen molar-refractivity contribution in [1.82, 2.24) is 10.2 Å². The average molecular weight is 335 g/mol. The minimum Gasteiger partial charge on any atom is -0.364 e. The van der Waals surface area contributed by atoms with Crippen LogP contribution in [0.25, 0.3) is 0 Å². The van der Waals surface area contributed by atoms with E-state index in [-0.39, 0.29) is 11.5 Å². The molecule has 1 amide bonds. The van der Waals surface area contributed by atoms with Gasteiger partial charge in [0.25, 0.3) is 0 Å². The zero-order valence-corrected chi connectivity index (χ0v) is 14.0. The van der Waals surface area contributed by atoms with Crippen LogP contribution in [-0.2, 0) is 9.53 Å². The number of piperidine rings is 1. The molecule has 1 aliphatic carbocycles. The first kappa shape index (κ1) is 15.4. The summed E-state index contributed by atoms with van der Waals surface area (Å²) in [7, 11) is 0. The molecule has 1 aromatic rings. The van der Waals surface area contributed by atoms with Crippen LogP contribution in [0, 0.1) is 5.92 Å². The third kappa shape index (κ3) is 2.88. The van der Waals surface area contributed by atoms with Crippen molar-refractivity contribution in [1.29, 1.82) is 0 Å². The average Bonchev–Trinajstić information content (AvgIpc) is 3.04. The van der Waals surface area contributed by atoms with E-state index in [9.17, 15) is 4.79 Å². The van der Waals surface area contributed by atoms with Crippen molar-refractivity contribution in [2.24, 2.45) is 5.92 Å². The van der Waals surface area contributed by atoms with Crippen LogP contribution in [0.1, 0.15) is 37.2 Å². The van der Waals surface area contributed by atoms with Gasteiger partial charge in [-0.3, -0.25) is 10.1 Å². The van der Waals surface area contributed by atoms with Crippen LogP contribution in [0.2, 0.25) is 5.02 Å². The van der Waals surface area contributed by atoms with E-state index in [1.165, 1.54) is 5.56 Å². The third-order valence-corrected chi connectivity index (χ3v) is 6.05. The second-order valence-corrected chi connectivity index (χ2v) is 7.58. The number of carbonyl (C=O) groups excluding carboxylic acids is 1. The predicted octanol–water partition coefficient (Wildman–Crippen LogP) is 2.77. The third-order valence-electron chi connectivity index (χ3n) is 5.70. The van der Waals surface area contributed by atoms with Crippen molar-refractivity contribution in [3.63, 3.8) is 0 Å². The summed E-state index contributed by atoms with van der Waals surface area (Å²) in [6.45, 7) is 3.08. The molecule has 5 heteroatoms. The van der Waals surface area contributed by atoms with Gasteiger partial charge in [-0.2, -0.15) is 0 Å². The van der Waals surface area contributed by atoms with Crippen molar-refractivity contribution < 1.29 is 9.53 Å². The van der Waals surface area contributed by atoms with Crippen molar-refractivity contribution in [3.05, 3.63) is 34.9 Å². The molecule has 0 aromatic heterocycles. The highest BCUT2D eigenvalue weighted by Crippen LogP contribution is 2.42. The number of rotatable bonds is 2. The maximum absolute atomic E-state index is 12.7. The lowest BCUT2D eigenvalue weighted by atomic mass is 9.68. The summed E-state index contributed by atoms with van der Waals surface area (Å²) in [6, 6.07) is 8.09. The predicted molar refractivity (Wildman–Crippen MR) is 89.4 cm³/mol. The lowest BCUT2D eigenvalue weighted by Crippen LogP contribution is -2.58. The van der Waals surface area contributed by atoms with E-state index >= 15 is 0 Å². The number of hydrogen-bond donors (Lipinski definition) is 1. The maximum Gasteiger partial charge on any atom is 0.225 e. The molecule has 3 aliphatic rings. The fraction of sp³-hybridized carbons (Fsp3) is 0.611. The van der Waals surface area contributed by atoms with E-state index in [0.29, 0.717) is 18.6 Å². The number of nitrogens with zero attached hydrogens (tertiary/aromatic N) is 1. The van der Waals surface area contributed by atoms with Gasteiger partial charge in [0.05, 0.1) is 13.3 Å². The SMILES string of the molecule is O=C([C@H]1C[C@]2(COCN2)C1)N1CCC(c2ccccc2Cl)CC1. The minimum atomic E-state index is 0.0935. The summed E-state index contributed by atoms with van der Waals surface area (Å²) in [4.78, 5) is 14.7. The standard InChI is InChI=1S/C18H23ClN2O2/c19-16-4-2-1-3-15(16)13-5-7-21(8-6-13)17(22)14-9-18(10-14)11-23-12-20-18/h1-4,13-14,20H,5-12H2/t14-,18+. The van der Waals surface area contributed by atoms with Crippen LogP contribution in [0.5, 0.6) is 0 Å². The van der Waals surface area contributed by atoms with Gasteiger partial charge in [0.15, 0.2) is 0 Å². The number of benzene rings is 1. The van der Waals surface area contributed by atoms with Gasteiger partial charge in [0, 0.05) is 29.6 Å². The Morgan fingerprint density at radius 2 is 2.00 bits per heavy atom. The number of ether oxygens (including phenoxy) is 1. The molecule has 3 fully saturated rings. The summed E-state index contributed by atoms with van der Waals surface area (Å²) in [5, 5.41) is 4.24. The number of nitrogens with one attached hydrogen (secondary N) is 1. The van der Waals surface area contributed by atoms with Crippen LogP contribution >= 0.6 is 11.6 Å². The fourth-order valence-corrected chi connectivity index (χ4v) is 4.59. The Balaban J connectivity index is 1.31. The molecule has 4 nitrogen and oxygen atoms in total. The lowest BCUT2D eigenvalue weighted by molar-refractivity contribution is -0.142. The van der Waals surface area contributed by atoms with E-state index in [1.807, 2.05) is 18.2 Å². The number of halogens is 1. The van der Waals surface area contributed by atoms with Crippen LogP contribution < -0.4 is 5.32 Å². The van der Waals surface area contributed by atoms with Gasteiger partial charge >= 0.3 is 0 Å². The fourth-order valence-electron chi connectivity index (χ4n) is 4.30. The highest BCUT2D eigenvalue weighted by Gasteiger charge is 2.50. The summed E-state index contributed by atoms with van der Waals surface area (Å²) in [5.41, 5.74) is 1.33. The Labute approximate surface area is 142 Å². The molecular weight excluding hydrogens is 312 g/mol. The number of carbonyl (C=O) groups is 1. The van der Waals surface area contributed by atoms with Gasteiger partial charge in [-0.15, -0.1) is 0 Å². The molecule has 2 aliphatic heterocycles. The van der Waals surface area contributed by atoms with Gasteiger partial charge in [0.1, 0.15) is 0 Å². The van der Waals surface area contributed by atoms with E-state index in [2.05, 4.69) is 16.3 Å². The first-order valence-corrected chi connectivity index (χ1v) is 8.91. The van der Waals surface area contributed by atoms with Gasteiger partial charge in [0.2, 0.25) is 5.91 Å². The molecule has 0 unspecified atom stereocenters. The number of hydrogen-bond acceptors (Lipinski definition) is 3. The molecule has 2 heterocycles. The van der Waals surface area contributed by atoms with Crippen molar-refractivity contribution in [3.8, 4) is 0 Å². The maximum atomic E-state index is 12.7. The van der Waals surface area contributed by atoms with E-state index in [0.717, 1.165) is 50.4 Å². The first-order valence-electron chi connectivity index (χ1n) is 8.53. The topological polar surface area (TPSA) is 41.6 Å². The second-order valence-electron chi connectivity index (χ2n) is 7.18. The molecule has 1 spiro atoms. The normalized spacial score (nSPS) is 31.3. The molecule has 0 radical (unpaired) electrons. The largest absolute Gasteiger partial charge is 0.364 e. The highest BCUT2D eigenvalue weighted by molar-refractivity contribution is 6.31. The van der Waals surface area contributed by atoms with E-state index in [4.69, 9.17) is 16.3 Å². The zero-order valence-electron chi connectivity index (χ0n) is 13.3. The molecule has 0 atom stereocenters. The Hall–Kier alpha value is -1.10. The van der Waals surface area contributed by atoms with E-state index in [1.54, 1.807) is 0 Å². The Bertz CT molecular complexity index is 584. The Kier molecular flexibility index (Phi) is 4.08. The van der Waals surface area contributed by atoms with Crippen molar-refractivity contribution in [2.75, 3.05) is 26.4 Å². The van der Waals surface area contributed by atoms with Crippen molar-refractivity contribution in [2.45, 2.75) is 37.1 Å². The van der Waals surface area contributed by atoms with Crippen LogP contribution in [-0.4, -0.2) is 42.8 Å². The molecule has 4 rings (SSSR count). The van der Waals surface area contributed by atoms with Gasteiger partial charge in [-0.05, 0) is 43.2 Å². The Morgan fingerprint density at radius 3 is 2.65 bits per heavy atom. The van der Waals surface area contributed by atoms with Crippen LogP contribution in [0.3, 0.4) is 0 Å². The minimum absolute atomic E-state index is 0.0935. The summed E-state index contributed by atoms with van der Waals surface area (Å²) in [6.07, 6.45) is 3.87. The smallest absolute Gasteiger partial charge is 0.225 e. The number of likely N-dealkylation sites (tertiary alicyclic amines) is 1. The van der Waals surface area contributed by atoms with E-state index < -0.39 is 0 Å². The molecule has 23 heavy (non-hydrogen) atoms. The first-order chi connectivity index (χ1) is 11.2. The molecular formula is C18H23ClN2O2. The molecule has 1 saturated carbocycles. The summed E-state index contributed by atoms with van der Waals surface area (Å²) >= 11 is 6.31. The highest BCUT2D eigenvalue weighted by atomic mass is 35.5. The lowest BCUT2D eigenvalue weighted by Gasteiger charge is -2.45. The molecule has 1 N–H and O–H groups in total. The summed E-state index contributed by atoms with van der Waals surface area (Å²) < 4.78 is 5.40. The second kappa shape index (κ2) is 6.08. The van der Waals surface area contributed by atoms with Gasteiger partial charge in [-0.25, -0.2) is 0 Å². The van der Waals surface area contributed by atoms with Crippen molar-refractivity contribution >= 4 is 17.5 Å². The van der Waals surface area contributed by atoms with Gasteiger partial charge < -0.3 is 9.64 Å². The zero-order chi connectivity index (χ0) is 15.9. The van der Waals surface area contributed by atoms with Crippen LogP contribution in [0.4, 0.5) is 0 Å². The quantitative estimate of drug-likeness (QED) is 0.904. The molecule has 1 aromatic carbocycles.